The number of rotatable bonds is 6. The third-order valence-corrected chi connectivity index (χ3v) is 6.56. The van der Waals surface area contributed by atoms with Gasteiger partial charge in [0.2, 0.25) is 5.91 Å². The van der Waals surface area contributed by atoms with Crippen molar-refractivity contribution in [3.63, 3.8) is 0 Å². The van der Waals surface area contributed by atoms with E-state index in [0.29, 0.717) is 23.9 Å². The molecule has 0 aliphatic carbocycles. The number of piperidine rings is 1. The zero-order chi connectivity index (χ0) is 24.4. The van der Waals surface area contributed by atoms with Crippen LogP contribution in [0.5, 0.6) is 0 Å². The monoisotopic (exact) mass is 489 g/mol. The highest BCUT2D eigenvalue weighted by Crippen LogP contribution is 2.32. The Morgan fingerprint density at radius 1 is 1.14 bits per heavy atom. The molecule has 1 aliphatic rings. The Kier molecular flexibility index (Phi) is 6.48. The van der Waals surface area contributed by atoms with E-state index in [2.05, 4.69) is 20.6 Å². The predicted molar refractivity (Wildman–Crippen MR) is 135 cm³/mol. The van der Waals surface area contributed by atoms with Gasteiger partial charge in [0.15, 0.2) is 0 Å². The van der Waals surface area contributed by atoms with Crippen molar-refractivity contribution in [1.29, 1.82) is 0 Å². The molecule has 3 heterocycles. The van der Waals surface area contributed by atoms with Crippen molar-refractivity contribution in [2.24, 2.45) is 5.92 Å². The highest BCUT2D eigenvalue weighted by atomic mass is 35.5. The van der Waals surface area contributed by atoms with Crippen LogP contribution in [0.1, 0.15) is 28.8 Å². The number of imidazole rings is 1. The summed E-state index contributed by atoms with van der Waals surface area (Å²) >= 11 is 6.50. The normalized spacial score (nSPS) is 15.7. The van der Waals surface area contributed by atoms with Crippen LogP contribution >= 0.6 is 11.6 Å². The molecule has 1 fully saturated rings. The second-order valence-electron chi connectivity index (χ2n) is 8.66. The molecule has 0 bridgehead atoms. The largest absolute Gasteiger partial charge is 0.478 e. The number of hydrogen-bond donors (Lipinski definition) is 3. The molecule has 0 spiro atoms. The molecule has 2 aromatic carbocycles. The molecule has 1 aliphatic heterocycles. The number of amides is 1. The molecule has 4 aromatic rings. The summed E-state index contributed by atoms with van der Waals surface area (Å²) in [6.45, 7) is 2.16. The van der Waals surface area contributed by atoms with Crippen LogP contribution in [0.15, 0.2) is 61.1 Å². The predicted octanol–water partition coefficient (Wildman–Crippen LogP) is 4.44. The maximum absolute atomic E-state index is 12.6. The summed E-state index contributed by atoms with van der Waals surface area (Å²) in [4.78, 5) is 32.5. The fourth-order valence-electron chi connectivity index (χ4n) is 4.33. The molecule has 9 heteroatoms. The van der Waals surface area contributed by atoms with Crippen LogP contribution in [0.2, 0.25) is 5.02 Å². The molecule has 1 atom stereocenters. The first kappa shape index (κ1) is 23.0. The molecule has 35 heavy (non-hydrogen) atoms. The topological polar surface area (TPSA) is 109 Å². The lowest BCUT2D eigenvalue weighted by molar-refractivity contribution is -0.120. The number of aromatic nitrogens is 3. The second-order valence-corrected chi connectivity index (χ2v) is 9.07. The highest BCUT2D eigenvalue weighted by Gasteiger charge is 2.21. The Hall–Kier alpha value is -3.75. The van der Waals surface area contributed by atoms with Gasteiger partial charge in [0.1, 0.15) is 5.82 Å². The number of hydrogen-bond acceptors (Lipinski definition) is 5. The number of carbonyl (C=O) groups is 2. The van der Waals surface area contributed by atoms with E-state index in [1.54, 1.807) is 42.9 Å². The van der Waals surface area contributed by atoms with Gasteiger partial charge in [-0.05, 0) is 60.8 Å². The highest BCUT2D eigenvalue weighted by molar-refractivity contribution is 6.33. The zero-order valence-corrected chi connectivity index (χ0v) is 19.6. The molecular weight excluding hydrogens is 466 g/mol. The Bertz CT molecular complexity index is 1390. The van der Waals surface area contributed by atoms with Crippen molar-refractivity contribution < 1.29 is 14.7 Å². The summed E-state index contributed by atoms with van der Waals surface area (Å²) < 4.78 is 2.00. The van der Waals surface area contributed by atoms with Crippen molar-refractivity contribution in [2.75, 3.05) is 18.4 Å². The van der Waals surface area contributed by atoms with E-state index in [1.165, 1.54) is 0 Å². The summed E-state index contributed by atoms with van der Waals surface area (Å²) in [5, 5.41) is 15.8. The fraction of sp³-hybridized carbons (Fsp3) is 0.231. The maximum Gasteiger partial charge on any atom is 0.335 e. The lowest BCUT2D eigenvalue weighted by Crippen LogP contribution is -2.37. The SMILES string of the molecule is O=C(O)c1ccc(Cn2cnc3ccc(-c4cc(NC(=O)[C@@H]5CCCNC5)ncc4Cl)cc32)cc1. The molecule has 178 valence electrons. The fourth-order valence-corrected chi connectivity index (χ4v) is 4.54. The van der Waals surface area contributed by atoms with Crippen molar-refractivity contribution in [3.05, 3.63) is 77.2 Å². The number of nitrogens with zero attached hydrogens (tertiary/aromatic N) is 3. The molecule has 1 saturated heterocycles. The van der Waals surface area contributed by atoms with Gasteiger partial charge in [-0.2, -0.15) is 0 Å². The van der Waals surface area contributed by atoms with E-state index >= 15 is 0 Å². The molecule has 0 unspecified atom stereocenters. The molecular formula is C26H24ClN5O3. The van der Waals surface area contributed by atoms with Gasteiger partial charge in [0, 0.05) is 24.8 Å². The molecule has 5 rings (SSSR count). The van der Waals surface area contributed by atoms with Gasteiger partial charge in [-0.1, -0.05) is 29.8 Å². The van der Waals surface area contributed by atoms with Crippen LogP contribution in [0.25, 0.3) is 22.2 Å². The van der Waals surface area contributed by atoms with Gasteiger partial charge >= 0.3 is 5.97 Å². The average Bonchev–Trinajstić information content (AvgIpc) is 3.28. The average molecular weight is 490 g/mol. The number of carboxylic acids is 1. The van der Waals surface area contributed by atoms with Crippen LogP contribution in [0.3, 0.4) is 0 Å². The Labute approximate surface area is 207 Å². The van der Waals surface area contributed by atoms with Crippen LogP contribution < -0.4 is 10.6 Å². The third kappa shape index (κ3) is 5.03. The minimum atomic E-state index is -0.950. The number of carbonyl (C=O) groups excluding carboxylic acids is 1. The van der Waals surface area contributed by atoms with E-state index < -0.39 is 5.97 Å². The number of nitrogens with one attached hydrogen (secondary N) is 2. The molecule has 0 radical (unpaired) electrons. The summed E-state index contributed by atoms with van der Waals surface area (Å²) in [6, 6.07) is 14.5. The van der Waals surface area contributed by atoms with E-state index in [-0.39, 0.29) is 17.4 Å². The summed E-state index contributed by atoms with van der Waals surface area (Å²) in [7, 11) is 0. The van der Waals surface area contributed by atoms with Crippen LogP contribution in [-0.2, 0) is 11.3 Å². The van der Waals surface area contributed by atoms with Crippen molar-refractivity contribution in [3.8, 4) is 11.1 Å². The molecule has 3 N–H and O–H groups in total. The quantitative estimate of drug-likeness (QED) is 0.369. The van der Waals surface area contributed by atoms with Crippen molar-refractivity contribution in [1.82, 2.24) is 19.9 Å². The number of carboxylic acid groups (broad SMARTS) is 1. The maximum atomic E-state index is 12.6. The van der Waals surface area contributed by atoms with Crippen LogP contribution in [0.4, 0.5) is 5.82 Å². The second kappa shape index (κ2) is 9.85. The molecule has 1 amide bonds. The van der Waals surface area contributed by atoms with Gasteiger partial charge < -0.3 is 20.3 Å². The number of fused-ring (bicyclic) bond motifs is 1. The van der Waals surface area contributed by atoms with E-state index in [4.69, 9.17) is 16.7 Å². The van der Waals surface area contributed by atoms with E-state index in [9.17, 15) is 9.59 Å². The Morgan fingerprint density at radius 2 is 1.97 bits per heavy atom. The minimum absolute atomic E-state index is 0.0413. The van der Waals surface area contributed by atoms with Crippen molar-refractivity contribution >= 4 is 40.3 Å². The smallest absolute Gasteiger partial charge is 0.335 e. The lowest BCUT2D eigenvalue weighted by Gasteiger charge is -2.21. The lowest BCUT2D eigenvalue weighted by atomic mass is 9.99. The first-order valence-corrected chi connectivity index (χ1v) is 11.8. The Morgan fingerprint density at radius 3 is 2.71 bits per heavy atom. The van der Waals surface area contributed by atoms with Gasteiger partial charge in [0.25, 0.3) is 0 Å². The van der Waals surface area contributed by atoms with Crippen LogP contribution in [0, 0.1) is 5.92 Å². The molecule has 2 aromatic heterocycles. The van der Waals surface area contributed by atoms with E-state index in [0.717, 1.165) is 47.1 Å². The first-order valence-electron chi connectivity index (χ1n) is 11.4. The summed E-state index contributed by atoms with van der Waals surface area (Å²) in [5.74, 6) is -0.595. The van der Waals surface area contributed by atoms with Crippen LogP contribution in [-0.4, -0.2) is 44.6 Å². The summed E-state index contributed by atoms with van der Waals surface area (Å²) in [5.41, 5.74) is 4.60. The van der Waals surface area contributed by atoms with Gasteiger partial charge in [-0.3, -0.25) is 4.79 Å². The van der Waals surface area contributed by atoms with Gasteiger partial charge in [-0.25, -0.2) is 14.8 Å². The van der Waals surface area contributed by atoms with E-state index in [1.807, 2.05) is 22.8 Å². The number of halogens is 1. The number of aromatic carboxylic acids is 1. The Balaban J connectivity index is 1.41. The molecule has 0 saturated carbocycles. The standard InChI is InChI=1S/C26H24ClN5O3/c27-21-13-29-24(31-25(33)19-2-1-9-28-12-19)11-20(21)18-7-8-22-23(10-18)32(15-30-22)14-16-3-5-17(6-4-16)26(34)35/h3-8,10-11,13,15,19,28H,1-2,9,12,14H2,(H,34,35)(H,29,31,33)/t19-/m1/s1. The number of pyridine rings is 1. The van der Waals surface area contributed by atoms with Gasteiger partial charge in [0.05, 0.1) is 33.9 Å². The summed E-state index contributed by atoms with van der Waals surface area (Å²) in [6.07, 6.45) is 5.16. The first-order chi connectivity index (χ1) is 17.0. The number of anilines is 1. The minimum Gasteiger partial charge on any atom is -0.478 e. The van der Waals surface area contributed by atoms with Gasteiger partial charge in [-0.15, -0.1) is 0 Å². The molecule has 8 nitrogen and oxygen atoms in total. The zero-order valence-electron chi connectivity index (χ0n) is 18.9. The van der Waals surface area contributed by atoms with Crippen molar-refractivity contribution in [2.45, 2.75) is 19.4 Å². The third-order valence-electron chi connectivity index (χ3n) is 6.26. The number of benzene rings is 2.